The summed E-state index contributed by atoms with van der Waals surface area (Å²) in [6.07, 6.45) is 2.64. The molecule has 1 atom stereocenters. The zero-order valence-corrected chi connectivity index (χ0v) is 12.6. The van der Waals surface area contributed by atoms with Crippen molar-refractivity contribution in [1.82, 2.24) is 9.97 Å². The first-order valence-corrected chi connectivity index (χ1v) is 7.00. The summed E-state index contributed by atoms with van der Waals surface area (Å²) in [6, 6.07) is 8.71. The van der Waals surface area contributed by atoms with Crippen LogP contribution in [0.25, 0.3) is 0 Å². The lowest BCUT2D eigenvalue weighted by Crippen LogP contribution is -2.14. The maximum Gasteiger partial charge on any atom is 0.135 e. The molecular formula is C16H22N4. The van der Waals surface area contributed by atoms with Gasteiger partial charge in [0.05, 0.1) is 0 Å². The van der Waals surface area contributed by atoms with Crippen LogP contribution < -0.4 is 10.6 Å². The molecule has 0 aliphatic rings. The molecule has 0 bridgehead atoms. The van der Waals surface area contributed by atoms with Crippen molar-refractivity contribution in [2.45, 2.75) is 40.2 Å². The van der Waals surface area contributed by atoms with Gasteiger partial charge in [-0.25, -0.2) is 9.97 Å². The highest BCUT2D eigenvalue weighted by molar-refractivity contribution is 5.60. The molecule has 2 rings (SSSR count). The molecule has 0 saturated carbocycles. The van der Waals surface area contributed by atoms with Crippen LogP contribution >= 0.6 is 0 Å². The van der Waals surface area contributed by atoms with E-state index in [1.165, 1.54) is 11.1 Å². The third-order valence-electron chi connectivity index (χ3n) is 3.17. The molecule has 106 valence electrons. The van der Waals surface area contributed by atoms with E-state index in [1.54, 1.807) is 6.33 Å². The third kappa shape index (κ3) is 3.95. The summed E-state index contributed by atoms with van der Waals surface area (Å²) in [7, 11) is 0. The Kier molecular flexibility index (Phi) is 4.56. The molecule has 2 N–H and O–H groups in total. The van der Waals surface area contributed by atoms with Crippen molar-refractivity contribution in [3.8, 4) is 0 Å². The maximum absolute atomic E-state index is 4.26. The zero-order chi connectivity index (χ0) is 14.5. The molecule has 0 radical (unpaired) electrons. The number of nitrogens with zero attached hydrogens (tertiary/aromatic N) is 2. The number of hydrogen-bond donors (Lipinski definition) is 2. The molecule has 0 spiro atoms. The van der Waals surface area contributed by atoms with Gasteiger partial charge in [0.15, 0.2) is 0 Å². The fourth-order valence-corrected chi connectivity index (χ4v) is 2.05. The average Bonchev–Trinajstić information content (AvgIpc) is 2.37. The molecule has 20 heavy (non-hydrogen) atoms. The molecule has 1 unspecified atom stereocenters. The van der Waals surface area contributed by atoms with Crippen LogP contribution in [-0.4, -0.2) is 16.0 Å². The van der Waals surface area contributed by atoms with Crippen LogP contribution in [0.3, 0.4) is 0 Å². The Hall–Kier alpha value is -2.10. The molecule has 0 aliphatic heterocycles. The molecule has 0 fully saturated rings. The van der Waals surface area contributed by atoms with Gasteiger partial charge in [0.2, 0.25) is 0 Å². The van der Waals surface area contributed by atoms with Gasteiger partial charge in [-0.05, 0) is 50.5 Å². The van der Waals surface area contributed by atoms with Gasteiger partial charge in [0, 0.05) is 17.8 Å². The molecule has 0 amide bonds. The highest BCUT2D eigenvalue weighted by Gasteiger charge is 2.03. The van der Waals surface area contributed by atoms with Gasteiger partial charge in [-0.2, -0.15) is 0 Å². The highest BCUT2D eigenvalue weighted by Crippen LogP contribution is 2.19. The van der Waals surface area contributed by atoms with Gasteiger partial charge in [-0.3, -0.25) is 0 Å². The van der Waals surface area contributed by atoms with E-state index in [1.807, 2.05) is 6.07 Å². The molecule has 0 aliphatic carbocycles. The van der Waals surface area contributed by atoms with E-state index in [4.69, 9.17) is 0 Å². The van der Waals surface area contributed by atoms with Crippen LogP contribution in [0.15, 0.2) is 30.6 Å². The van der Waals surface area contributed by atoms with Crippen LogP contribution in [-0.2, 0) is 0 Å². The van der Waals surface area contributed by atoms with E-state index < -0.39 is 0 Å². The fraction of sp³-hybridized carbons (Fsp3) is 0.375. The Bertz CT molecular complexity index is 560. The van der Waals surface area contributed by atoms with E-state index in [-0.39, 0.29) is 0 Å². The predicted molar refractivity (Wildman–Crippen MR) is 84.6 cm³/mol. The summed E-state index contributed by atoms with van der Waals surface area (Å²) < 4.78 is 0. The lowest BCUT2D eigenvalue weighted by molar-refractivity contribution is 0.758. The van der Waals surface area contributed by atoms with Gasteiger partial charge in [0.1, 0.15) is 18.0 Å². The number of benzene rings is 1. The van der Waals surface area contributed by atoms with Gasteiger partial charge in [-0.1, -0.05) is 13.0 Å². The molecule has 1 aromatic heterocycles. The van der Waals surface area contributed by atoms with Crippen molar-refractivity contribution in [2.24, 2.45) is 0 Å². The van der Waals surface area contributed by atoms with Crippen molar-refractivity contribution in [1.29, 1.82) is 0 Å². The SMILES string of the molecule is CCC(C)Nc1cc(Nc2cc(C)cc(C)c2)ncn1. The van der Waals surface area contributed by atoms with Crippen LogP contribution in [0.1, 0.15) is 31.4 Å². The predicted octanol–water partition coefficient (Wildman–Crippen LogP) is 4.05. The lowest BCUT2D eigenvalue weighted by Gasteiger charge is -2.13. The van der Waals surface area contributed by atoms with Crippen molar-refractivity contribution in [3.63, 3.8) is 0 Å². The Morgan fingerprint density at radius 3 is 2.30 bits per heavy atom. The normalized spacial score (nSPS) is 12.0. The molecule has 1 heterocycles. The highest BCUT2D eigenvalue weighted by atomic mass is 15.1. The molecule has 1 aromatic carbocycles. The van der Waals surface area contributed by atoms with Crippen LogP contribution in [0.2, 0.25) is 0 Å². The second kappa shape index (κ2) is 6.37. The fourth-order valence-electron chi connectivity index (χ4n) is 2.05. The van der Waals surface area contributed by atoms with Crippen molar-refractivity contribution < 1.29 is 0 Å². The van der Waals surface area contributed by atoms with E-state index in [2.05, 4.69) is 66.5 Å². The Morgan fingerprint density at radius 2 is 1.65 bits per heavy atom. The quantitative estimate of drug-likeness (QED) is 0.860. The first-order valence-electron chi connectivity index (χ1n) is 7.00. The molecule has 4 heteroatoms. The largest absolute Gasteiger partial charge is 0.367 e. The summed E-state index contributed by atoms with van der Waals surface area (Å²) >= 11 is 0. The molecular weight excluding hydrogens is 248 g/mol. The number of aryl methyl sites for hydroxylation is 2. The minimum Gasteiger partial charge on any atom is -0.367 e. The van der Waals surface area contributed by atoms with Crippen molar-refractivity contribution in [3.05, 3.63) is 41.7 Å². The molecule has 2 aromatic rings. The van der Waals surface area contributed by atoms with Gasteiger partial charge >= 0.3 is 0 Å². The maximum atomic E-state index is 4.26. The first-order chi connectivity index (χ1) is 9.56. The number of aromatic nitrogens is 2. The van der Waals surface area contributed by atoms with Crippen molar-refractivity contribution >= 4 is 17.3 Å². The second-order valence-corrected chi connectivity index (χ2v) is 5.24. The third-order valence-corrected chi connectivity index (χ3v) is 3.17. The summed E-state index contributed by atoms with van der Waals surface area (Å²) in [5.41, 5.74) is 3.52. The Labute approximate surface area is 120 Å². The summed E-state index contributed by atoms with van der Waals surface area (Å²) in [4.78, 5) is 8.51. The number of nitrogens with one attached hydrogen (secondary N) is 2. The number of hydrogen-bond acceptors (Lipinski definition) is 4. The summed E-state index contributed by atoms with van der Waals surface area (Å²) in [5, 5.41) is 6.68. The Morgan fingerprint density at radius 1 is 1.00 bits per heavy atom. The first kappa shape index (κ1) is 14.3. The van der Waals surface area contributed by atoms with Gasteiger partial charge in [0.25, 0.3) is 0 Å². The topological polar surface area (TPSA) is 49.8 Å². The van der Waals surface area contributed by atoms with E-state index in [0.29, 0.717) is 6.04 Å². The van der Waals surface area contributed by atoms with Crippen molar-refractivity contribution in [2.75, 3.05) is 10.6 Å². The molecule has 0 saturated heterocycles. The van der Waals surface area contributed by atoms with Crippen LogP contribution in [0.4, 0.5) is 17.3 Å². The monoisotopic (exact) mass is 270 g/mol. The minimum atomic E-state index is 0.402. The number of anilines is 3. The second-order valence-electron chi connectivity index (χ2n) is 5.24. The minimum absolute atomic E-state index is 0.402. The smallest absolute Gasteiger partial charge is 0.135 e. The average molecular weight is 270 g/mol. The van der Waals surface area contributed by atoms with Crippen LogP contribution in [0, 0.1) is 13.8 Å². The zero-order valence-electron chi connectivity index (χ0n) is 12.6. The number of rotatable bonds is 5. The standard InChI is InChI=1S/C16H22N4/c1-5-13(4)19-15-9-16(18-10-17-15)20-14-7-11(2)6-12(3)8-14/h6-10,13H,5H2,1-4H3,(H2,17,18,19,20). The summed E-state index contributed by atoms with van der Waals surface area (Å²) in [6.45, 7) is 8.47. The van der Waals surface area contributed by atoms with E-state index in [9.17, 15) is 0 Å². The summed E-state index contributed by atoms with van der Waals surface area (Å²) in [5.74, 6) is 1.65. The Balaban J connectivity index is 2.15. The van der Waals surface area contributed by atoms with Gasteiger partial charge < -0.3 is 10.6 Å². The van der Waals surface area contributed by atoms with E-state index >= 15 is 0 Å². The van der Waals surface area contributed by atoms with Crippen LogP contribution in [0.5, 0.6) is 0 Å². The van der Waals surface area contributed by atoms with Gasteiger partial charge in [-0.15, -0.1) is 0 Å². The lowest BCUT2D eigenvalue weighted by atomic mass is 10.1. The van der Waals surface area contributed by atoms with E-state index in [0.717, 1.165) is 23.7 Å². The molecule has 4 nitrogen and oxygen atoms in total.